The molecule has 104 valence electrons. The highest BCUT2D eigenvalue weighted by atomic mass is 79.9. The molecule has 1 aromatic carbocycles. The van der Waals surface area contributed by atoms with E-state index in [1.165, 1.54) is 22.5 Å². The Bertz CT molecular complexity index is 764. The van der Waals surface area contributed by atoms with E-state index in [1.807, 2.05) is 12.3 Å². The number of halogens is 1. The van der Waals surface area contributed by atoms with Crippen molar-refractivity contribution < 1.29 is 0 Å². The number of para-hydroxylation sites is 1. The lowest BCUT2D eigenvalue weighted by atomic mass is 9.94. The molecule has 2 aliphatic rings. The van der Waals surface area contributed by atoms with Crippen LogP contribution in [-0.2, 0) is 0 Å². The van der Waals surface area contributed by atoms with Gasteiger partial charge in [0.2, 0.25) is 0 Å². The first-order chi connectivity index (χ1) is 10.3. The molecule has 0 radical (unpaired) electrons. The number of fused-ring (bicyclic) bond motifs is 4. The number of allylic oxidation sites excluding steroid dienone is 1. The third kappa shape index (κ3) is 2.36. The highest BCUT2D eigenvalue weighted by Gasteiger charge is 2.22. The first-order valence-electron chi connectivity index (χ1n) is 6.93. The zero-order valence-electron chi connectivity index (χ0n) is 11.3. The van der Waals surface area contributed by atoms with Crippen LogP contribution in [0.15, 0.2) is 65.0 Å². The Hall–Kier alpha value is -2.07. The number of nitrogens with one attached hydrogen (secondary N) is 2. The van der Waals surface area contributed by atoms with Crippen molar-refractivity contribution in [2.24, 2.45) is 0 Å². The third-order valence-electron chi connectivity index (χ3n) is 3.82. The van der Waals surface area contributed by atoms with E-state index in [0.29, 0.717) is 0 Å². The summed E-state index contributed by atoms with van der Waals surface area (Å²) < 4.78 is 1.05. The molecule has 0 saturated carbocycles. The third-order valence-corrected chi connectivity index (χ3v) is 4.31. The second kappa shape index (κ2) is 5.04. The molecule has 0 spiro atoms. The number of hydrogen-bond donors (Lipinski definition) is 2. The van der Waals surface area contributed by atoms with Gasteiger partial charge in [0, 0.05) is 40.2 Å². The Morgan fingerprint density at radius 2 is 2.10 bits per heavy atom. The summed E-state index contributed by atoms with van der Waals surface area (Å²) in [5.41, 5.74) is 5.99. The molecule has 21 heavy (non-hydrogen) atoms. The van der Waals surface area contributed by atoms with Gasteiger partial charge in [0.05, 0.1) is 11.7 Å². The number of aromatic nitrogens is 1. The number of nitrogens with zero attached hydrogens (tertiary/aromatic N) is 1. The van der Waals surface area contributed by atoms with E-state index < -0.39 is 0 Å². The van der Waals surface area contributed by atoms with E-state index >= 15 is 0 Å². The summed E-state index contributed by atoms with van der Waals surface area (Å²) in [5, 5.41) is 6.93. The lowest BCUT2D eigenvalue weighted by molar-refractivity contribution is 0.730. The van der Waals surface area contributed by atoms with Crippen LogP contribution in [-0.4, -0.2) is 4.98 Å². The molecule has 1 unspecified atom stereocenters. The van der Waals surface area contributed by atoms with Gasteiger partial charge >= 0.3 is 0 Å². The molecule has 2 aliphatic heterocycles. The van der Waals surface area contributed by atoms with E-state index in [-0.39, 0.29) is 6.04 Å². The molecule has 3 nitrogen and oxygen atoms in total. The minimum absolute atomic E-state index is 0.0861. The normalized spacial score (nSPS) is 19.4. The van der Waals surface area contributed by atoms with E-state index in [4.69, 9.17) is 0 Å². The summed E-state index contributed by atoms with van der Waals surface area (Å²) in [6.45, 7) is 0. The van der Waals surface area contributed by atoms with Crippen LogP contribution in [0.5, 0.6) is 0 Å². The lowest BCUT2D eigenvalue weighted by Crippen LogP contribution is -2.14. The van der Waals surface area contributed by atoms with Crippen LogP contribution in [0.4, 0.5) is 5.69 Å². The summed E-state index contributed by atoms with van der Waals surface area (Å²) in [6.07, 6.45) is 7.09. The van der Waals surface area contributed by atoms with Gasteiger partial charge in [-0.25, -0.2) is 0 Å². The Morgan fingerprint density at radius 3 is 3.00 bits per heavy atom. The van der Waals surface area contributed by atoms with Crippen molar-refractivity contribution in [3.63, 3.8) is 0 Å². The molecule has 4 rings (SSSR count). The van der Waals surface area contributed by atoms with Crippen LogP contribution in [0.2, 0.25) is 0 Å². The summed E-state index contributed by atoms with van der Waals surface area (Å²) in [5.74, 6) is 0. The minimum atomic E-state index is 0.0861. The summed E-state index contributed by atoms with van der Waals surface area (Å²) in [4.78, 5) is 4.49. The quantitative estimate of drug-likeness (QED) is 0.816. The molecule has 0 amide bonds. The number of benzene rings is 1. The van der Waals surface area contributed by atoms with Crippen LogP contribution < -0.4 is 10.6 Å². The standard InChI is InChI=1S/C17H14BrN3/c18-12-5-6-19-17(9-12)16-8-11-7-13(10-20-16)21-15-4-2-1-3-14(11)15/h1-6,8-10,16,20-21H,7H2. The first kappa shape index (κ1) is 12.7. The molecule has 1 aromatic heterocycles. The van der Waals surface area contributed by atoms with Gasteiger partial charge in [0.25, 0.3) is 0 Å². The van der Waals surface area contributed by atoms with E-state index in [1.54, 1.807) is 0 Å². The second-order valence-corrected chi connectivity index (χ2v) is 6.17. The zero-order valence-corrected chi connectivity index (χ0v) is 12.9. The maximum absolute atomic E-state index is 4.49. The highest BCUT2D eigenvalue weighted by molar-refractivity contribution is 9.10. The van der Waals surface area contributed by atoms with Gasteiger partial charge in [-0.1, -0.05) is 40.2 Å². The SMILES string of the molecule is Brc1ccnc(C2C=C3CC(=CN2)Nc2ccccc23)c1. The summed E-state index contributed by atoms with van der Waals surface area (Å²) in [6, 6.07) is 12.5. The summed E-state index contributed by atoms with van der Waals surface area (Å²) in [7, 11) is 0. The predicted octanol–water partition coefficient (Wildman–Crippen LogP) is 4.23. The Balaban J connectivity index is 1.81. The molecule has 0 aliphatic carbocycles. The molecule has 0 saturated heterocycles. The summed E-state index contributed by atoms with van der Waals surface area (Å²) >= 11 is 3.51. The van der Waals surface area contributed by atoms with Gasteiger partial charge in [-0.3, -0.25) is 4.98 Å². The number of pyridine rings is 1. The highest BCUT2D eigenvalue weighted by Crippen LogP contribution is 2.37. The van der Waals surface area contributed by atoms with Gasteiger partial charge in [-0.15, -0.1) is 0 Å². The van der Waals surface area contributed by atoms with Crippen molar-refractivity contribution in [2.75, 3.05) is 5.32 Å². The molecular formula is C17H14BrN3. The van der Waals surface area contributed by atoms with Gasteiger partial charge in [-0.05, 0) is 23.8 Å². The van der Waals surface area contributed by atoms with Crippen LogP contribution in [0, 0.1) is 0 Å². The van der Waals surface area contributed by atoms with Gasteiger partial charge in [-0.2, -0.15) is 0 Å². The van der Waals surface area contributed by atoms with Crippen LogP contribution in [0.1, 0.15) is 23.7 Å². The molecule has 1 atom stereocenters. The van der Waals surface area contributed by atoms with E-state index in [2.05, 4.69) is 74.2 Å². The van der Waals surface area contributed by atoms with Crippen molar-refractivity contribution in [3.8, 4) is 0 Å². The van der Waals surface area contributed by atoms with E-state index in [0.717, 1.165) is 16.6 Å². The van der Waals surface area contributed by atoms with Crippen LogP contribution in [0.25, 0.3) is 5.57 Å². The molecule has 3 heterocycles. The maximum atomic E-state index is 4.49. The monoisotopic (exact) mass is 339 g/mol. The smallest absolute Gasteiger partial charge is 0.0872 e. The van der Waals surface area contributed by atoms with Gasteiger partial charge in [0.1, 0.15) is 0 Å². The van der Waals surface area contributed by atoms with Gasteiger partial charge in [0.15, 0.2) is 0 Å². The molecule has 2 bridgehead atoms. The predicted molar refractivity (Wildman–Crippen MR) is 88.6 cm³/mol. The van der Waals surface area contributed by atoms with Crippen molar-refractivity contribution in [3.05, 3.63) is 76.3 Å². The molecule has 0 fully saturated rings. The molecule has 4 heteroatoms. The molecular weight excluding hydrogens is 326 g/mol. The Labute approximate surface area is 131 Å². The average Bonchev–Trinajstić information content (AvgIpc) is 2.67. The second-order valence-electron chi connectivity index (χ2n) is 5.25. The fourth-order valence-corrected chi connectivity index (χ4v) is 3.18. The minimum Gasteiger partial charge on any atom is -0.378 e. The number of anilines is 1. The Morgan fingerprint density at radius 1 is 1.19 bits per heavy atom. The lowest BCUT2D eigenvalue weighted by Gasteiger charge is -2.22. The van der Waals surface area contributed by atoms with Gasteiger partial charge < -0.3 is 10.6 Å². The van der Waals surface area contributed by atoms with Crippen molar-refractivity contribution >= 4 is 27.2 Å². The number of rotatable bonds is 1. The van der Waals surface area contributed by atoms with Crippen LogP contribution in [0.3, 0.4) is 0 Å². The van der Waals surface area contributed by atoms with E-state index in [9.17, 15) is 0 Å². The average molecular weight is 340 g/mol. The number of hydrogen-bond acceptors (Lipinski definition) is 3. The van der Waals surface area contributed by atoms with Crippen molar-refractivity contribution in [1.29, 1.82) is 0 Å². The molecule has 2 aromatic rings. The fraction of sp³-hybridized carbons (Fsp3) is 0.118. The topological polar surface area (TPSA) is 37.0 Å². The molecule has 2 N–H and O–H groups in total. The first-order valence-corrected chi connectivity index (χ1v) is 7.72. The maximum Gasteiger partial charge on any atom is 0.0872 e. The van der Waals surface area contributed by atoms with Crippen LogP contribution >= 0.6 is 15.9 Å². The van der Waals surface area contributed by atoms with Crippen molar-refractivity contribution in [2.45, 2.75) is 12.5 Å². The fourth-order valence-electron chi connectivity index (χ4n) is 2.83. The largest absolute Gasteiger partial charge is 0.378 e. The van der Waals surface area contributed by atoms with Crippen molar-refractivity contribution in [1.82, 2.24) is 10.3 Å². The zero-order chi connectivity index (χ0) is 14.2. The Kier molecular flexibility index (Phi) is 3.04.